The van der Waals surface area contributed by atoms with Gasteiger partial charge >= 0.3 is 0 Å². The molecule has 2 N–H and O–H groups in total. The Morgan fingerprint density at radius 2 is 1.96 bits per heavy atom. The van der Waals surface area contributed by atoms with Crippen LogP contribution in [0.4, 0.5) is 5.69 Å². The van der Waals surface area contributed by atoms with Gasteiger partial charge < -0.3 is 14.7 Å². The van der Waals surface area contributed by atoms with Crippen LogP contribution in [0.3, 0.4) is 0 Å². The lowest BCUT2D eigenvalue weighted by atomic mass is 10.1. The summed E-state index contributed by atoms with van der Waals surface area (Å²) in [6.45, 7) is 6.89. The van der Waals surface area contributed by atoms with Crippen LogP contribution in [-0.2, 0) is 0 Å². The molecule has 2 heterocycles. The summed E-state index contributed by atoms with van der Waals surface area (Å²) in [5.41, 5.74) is 4.48. The molecule has 0 bridgehead atoms. The summed E-state index contributed by atoms with van der Waals surface area (Å²) in [5, 5.41) is 2.84. The number of rotatable bonds is 4. The standard InChI is InChI=1S/C19H19N3O3/c1-10-9-25-19(20-10)14-6-5-7-15(8-14)22-18(24)17-11(2)16(13(4)23)12(3)21-17/h5-9,21H,1-4H3,(H,22,24). The summed E-state index contributed by atoms with van der Waals surface area (Å²) in [7, 11) is 0. The summed E-state index contributed by atoms with van der Waals surface area (Å²) in [5.74, 6) is 0.139. The molecule has 2 aromatic heterocycles. The Balaban J connectivity index is 1.87. The number of ketones is 1. The van der Waals surface area contributed by atoms with Gasteiger partial charge in [0.05, 0.1) is 5.69 Å². The molecule has 0 aliphatic heterocycles. The third-order valence-corrected chi connectivity index (χ3v) is 4.00. The van der Waals surface area contributed by atoms with Crippen molar-refractivity contribution >= 4 is 17.4 Å². The van der Waals surface area contributed by atoms with Crippen LogP contribution in [0, 0.1) is 20.8 Å². The van der Waals surface area contributed by atoms with Crippen molar-refractivity contribution in [1.29, 1.82) is 0 Å². The number of anilines is 1. The van der Waals surface area contributed by atoms with E-state index in [1.54, 1.807) is 32.2 Å². The number of aryl methyl sites for hydroxylation is 2. The van der Waals surface area contributed by atoms with Crippen LogP contribution < -0.4 is 5.32 Å². The van der Waals surface area contributed by atoms with Crippen molar-refractivity contribution in [3.63, 3.8) is 0 Å². The van der Waals surface area contributed by atoms with Gasteiger partial charge in [-0.1, -0.05) is 6.07 Å². The molecule has 0 aliphatic rings. The zero-order valence-electron chi connectivity index (χ0n) is 14.6. The minimum atomic E-state index is -0.297. The fourth-order valence-electron chi connectivity index (χ4n) is 2.92. The molecule has 0 fully saturated rings. The lowest BCUT2D eigenvalue weighted by molar-refractivity contribution is 0.101. The highest BCUT2D eigenvalue weighted by atomic mass is 16.3. The number of hydrogen-bond donors (Lipinski definition) is 2. The molecule has 0 saturated carbocycles. The van der Waals surface area contributed by atoms with Crippen molar-refractivity contribution < 1.29 is 14.0 Å². The summed E-state index contributed by atoms with van der Waals surface area (Å²) >= 11 is 0. The van der Waals surface area contributed by atoms with Crippen molar-refractivity contribution in [2.24, 2.45) is 0 Å². The van der Waals surface area contributed by atoms with Crippen molar-refractivity contribution in [3.8, 4) is 11.5 Å². The smallest absolute Gasteiger partial charge is 0.272 e. The Labute approximate surface area is 145 Å². The van der Waals surface area contributed by atoms with Crippen LogP contribution in [0.25, 0.3) is 11.5 Å². The van der Waals surface area contributed by atoms with E-state index in [9.17, 15) is 9.59 Å². The molecular weight excluding hydrogens is 318 g/mol. The molecule has 0 radical (unpaired) electrons. The second kappa shape index (κ2) is 6.39. The van der Waals surface area contributed by atoms with Crippen LogP contribution in [0.5, 0.6) is 0 Å². The van der Waals surface area contributed by atoms with E-state index >= 15 is 0 Å². The molecule has 1 aromatic carbocycles. The molecular formula is C19H19N3O3. The Morgan fingerprint density at radius 3 is 2.56 bits per heavy atom. The second-order valence-electron chi connectivity index (χ2n) is 6.01. The number of benzene rings is 1. The molecule has 0 atom stereocenters. The predicted molar refractivity (Wildman–Crippen MR) is 94.9 cm³/mol. The Hall–Kier alpha value is -3.15. The van der Waals surface area contributed by atoms with Crippen molar-refractivity contribution in [2.75, 3.05) is 5.32 Å². The van der Waals surface area contributed by atoms with E-state index in [1.807, 2.05) is 19.1 Å². The average Bonchev–Trinajstić information content (AvgIpc) is 3.11. The van der Waals surface area contributed by atoms with Gasteiger partial charge in [0.25, 0.3) is 5.91 Å². The molecule has 3 rings (SSSR count). The van der Waals surface area contributed by atoms with Gasteiger partial charge in [0.15, 0.2) is 5.78 Å². The number of aromatic nitrogens is 2. The van der Waals surface area contributed by atoms with E-state index in [0.717, 1.165) is 11.3 Å². The van der Waals surface area contributed by atoms with Crippen LogP contribution in [-0.4, -0.2) is 21.7 Å². The summed E-state index contributed by atoms with van der Waals surface area (Å²) in [6, 6.07) is 7.26. The molecule has 0 spiro atoms. The number of Topliss-reactive ketones (excluding diaryl/α,β-unsaturated/α-hetero) is 1. The van der Waals surface area contributed by atoms with Crippen LogP contribution in [0.1, 0.15) is 44.7 Å². The summed E-state index contributed by atoms with van der Waals surface area (Å²) in [4.78, 5) is 31.6. The maximum atomic E-state index is 12.6. The number of carbonyl (C=O) groups excluding carboxylic acids is 2. The summed E-state index contributed by atoms with van der Waals surface area (Å²) in [6.07, 6.45) is 1.58. The Kier molecular flexibility index (Phi) is 4.27. The van der Waals surface area contributed by atoms with Gasteiger partial charge in [-0.25, -0.2) is 4.98 Å². The Bertz CT molecular complexity index is 966. The molecule has 6 nitrogen and oxygen atoms in total. The molecule has 0 aliphatic carbocycles. The van der Waals surface area contributed by atoms with Crippen molar-refractivity contribution in [3.05, 3.63) is 58.7 Å². The SMILES string of the molecule is CC(=O)c1c(C)[nH]c(C(=O)Nc2cccc(-c3nc(C)co3)c2)c1C. The number of oxazole rings is 1. The average molecular weight is 337 g/mol. The quantitative estimate of drug-likeness (QED) is 0.703. The number of nitrogens with one attached hydrogen (secondary N) is 2. The first-order valence-electron chi connectivity index (χ1n) is 7.91. The number of nitrogens with zero attached hydrogens (tertiary/aromatic N) is 1. The monoisotopic (exact) mass is 337 g/mol. The molecule has 128 valence electrons. The van der Waals surface area contributed by atoms with Gasteiger partial charge in [0.1, 0.15) is 12.0 Å². The molecule has 6 heteroatoms. The maximum Gasteiger partial charge on any atom is 0.272 e. The van der Waals surface area contributed by atoms with E-state index in [4.69, 9.17) is 4.42 Å². The summed E-state index contributed by atoms with van der Waals surface area (Å²) < 4.78 is 5.39. The number of aromatic amines is 1. The number of carbonyl (C=O) groups is 2. The normalized spacial score (nSPS) is 10.7. The predicted octanol–water partition coefficient (Wildman–Crippen LogP) is 4.05. The first kappa shape index (κ1) is 16.7. The van der Waals surface area contributed by atoms with Crippen LogP contribution in [0.15, 0.2) is 34.9 Å². The van der Waals surface area contributed by atoms with Gasteiger partial charge in [-0.3, -0.25) is 9.59 Å². The first-order valence-corrected chi connectivity index (χ1v) is 7.91. The van der Waals surface area contributed by atoms with Crippen LogP contribution >= 0.6 is 0 Å². The highest BCUT2D eigenvalue weighted by Crippen LogP contribution is 2.23. The molecule has 1 amide bonds. The third-order valence-electron chi connectivity index (χ3n) is 4.00. The molecule has 3 aromatic rings. The highest BCUT2D eigenvalue weighted by molar-refractivity contribution is 6.07. The third kappa shape index (κ3) is 3.24. The minimum Gasteiger partial charge on any atom is -0.444 e. The van der Waals surface area contributed by atoms with E-state index in [-0.39, 0.29) is 11.7 Å². The van der Waals surface area contributed by atoms with Crippen molar-refractivity contribution in [2.45, 2.75) is 27.7 Å². The minimum absolute atomic E-state index is 0.0634. The topological polar surface area (TPSA) is 88.0 Å². The second-order valence-corrected chi connectivity index (χ2v) is 6.01. The van der Waals surface area contributed by atoms with Crippen molar-refractivity contribution in [1.82, 2.24) is 9.97 Å². The zero-order valence-corrected chi connectivity index (χ0v) is 14.6. The highest BCUT2D eigenvalue weighted by Gasteiger charge is 2.20. The fourth-order valence-corrected chi connectivity index (χ4v) is 2.92. The largest absolute Gasteiger partial charge is 0.444 e. The Morgan fingerprint density at radius 1 is 1.20 bits per heavy atom. The lowest BCUT2D eigenvalue weighted by Gasteiger charge is -2.06. The lowest BCUT2D eigenvalue weighted by Crippen LogP contribution is -2.14. The maximum absolute atomic E-state index is 12.6. The number of H-pyrrole nitrogens is 1. The molecule has 25 heavy (non-hydrogen) atoms. The van der Waals surface area contributed by atoms with Gasteiger partial charge in [-0.15, -0.1) is 0 Å². The van der Waals surface area contributed by atoms with Gasteiger partial charge in [0, 0.05) is 22.5 Å². The van der Waals surface area contributed by atoms with E-state index in [1.165, 1.54) is 6.92 Å². The fraction of sp³-hybridized carbons (Fsp3) is 0.211. The number of hydrogen-bond acceptors (Lipinski definition) is 4. The van der Waals surface area contributed by atoms with Gasteiger partial charge in [-0.2, -0.15) is 0 Å². The van der Waals surface area contributed by atoms with E-state index in [2.05, 4.69) is 15.3 Å². The molecule has 0 unspecified atom stereocenters. The first-order chi connectivity index (χ1) is 11.9. The number of amides is 1. The van der Waals surface area contributed by atoms with Gasteiger partial charge in [0.2, 0.25) is 5.89 Å². The van der Waals surface area contributed by atoms with E-state index < -0.39 is 0 Å². The van der Waals surface area contributed by atoms with Crippen LogP contribution in [0.2, 0.25) is 0 Å². The van der Waals surface area contributed by atoms with Gasteiger partial charge in [-0.05, 0) is 51.5 Å². The van der Waals surface area contributed by atoms with E-state index in [0.29, 0.717) is 34.1 Å². The zero-order chi connectivity index (χ0) is 18.1. The molecule has 0 saturated heterocycles.